The van der Waals surface area contributed by atoms with Gasteiger partial charge in [-0.3, -0.25) is 4.55 Å². The van der Waals surface area contributed by atoms with E-state index in [1.54, 1.807) is 6.08 Å². The quantitative estimate of drug-likeness (QED) is 0.365. The van der Waals surface area contributed by atoms with Crippen LogP contribution in [0.1, 0.15) is 58.3 Å². The Balaban J connectivity index is 0. The molecule has 0 heterocycles. The summed E-state index contributed by atoms with van der Waals surface area (Å²) in [7, 11) is -5.24. The van der Waals surface area contributed by atoms with Gasteiger partial charge in [0.05, 0.1) is 0 Å². The first-order valence-electron chi connectivity index (χ1n) is 6.88. The van der Waals surface area contributed by atoms with Crippen LogP contribution in [0.15, 0.2) is 12.7 Å². The molecular weight excluding hydrogens is 288 g/mol. The van der Waals surface area contributed by atoms with E-state index in [-0.39, 0.29) is 6.42 Å². The Labute approximate surface area is 121 Å². The minimum Gasteiger partial charge on any atom is -0.327 e. The van der Waals surface area contributed by atoms with Gasteiger partial charge < -0.3 is 5.73 Å². The van der Waals surface area contributed by atoms with Crippen LogP contribution in [-0.4, -0.2) is 24.8 Å². The van der Waals surface area contributed by atoms with E-state index in [4.69, 9.17) is 10.3 Å². The molecule has 0 spiro atoms. The fourth-order valence-corrected chi connectivity index (χ4v) is 1.82. The molecule has 0 aromatic rings. The van der Waals surface area contributed by atoms with Crippen molar-refractivity contribution in [3.8, 4) is 0 Å². The number of hydrogen-bond acceptors (Lipinski definition) is 3. The zero-order valence-electron chi connectivity index (χ0n) is 12.2. The Kier molecular flexibility index (Phi) is 13.3. The van der Waals surface area contributed by atoms with E-state index in [1.807, 2.05) is 0 Å². The fraction of sp³-hybridized carbons (Fsp3) is 0.846. The van der Waals surface area contributed by atoms with Crippen LogP contribution in [-0.2, 0) is 10.1 Å². The average Bonchev–Trinajstić information content (AvgIpc) is 2.36. The summed E-state index contributed by atoms with van der Waals surface area (Å²) in [5.74, 6) is 0. The van der Waals surface area contributed by atoms with Gasteiger partial charge in [-0.25, -0.2) is 0 Å². The highest BCUT2D eigenvalue weighted by Gasteiger charge is 2.42. The maximum atomic E-state index is 12.7. The first-order chi connectivity index (χ1) is 9.22. The second-order valence-electron chi connectivity index (χ2n) is 4.51. The molecule has 0 aromatic carbocycles. The smallest absolute Gasteiger partial charge is 0.327 e. The van der Waals surface area contributed by atoms with Crippen molar-refractivity contribution >= 4 is 10.1 Å². The highest BCUT2D eigenvalue weighted by molar-refractivity contribution is 7.86. The van der Waals surface area contributed by atoms with Crippen LogP contribution < -0.4 is 5.73 Å². The molecule has 0 rings (SSSR count). The van der Waals surface area contributed by atoms with Gasteiger partial charge >= 0.3 is 15.4 Å². The number of halogens is 2. The van der Waals surface area contributed by atoms with E-state index in [2.05, 4.69) is 13.5 Å². The summed E-state index contributed by atoms with van der Waals surface area (Å²) in [6, 6.07) is 0. The SMILES string of the molecule is C=CCN.CCCCCCCCCC(F)(F)S(=O)(=O)O. The topological polar surface area (TPSA) is 80.4 Å². The van der Waals surface area contributed by atoms with E-state index < -0.39 is 21.8 Å². The van der Waals surface area contributed by atoms with Gasteiger partial charge in [-0.2, -0.15) is 17.2 Å². The first kappa shape index (κ1) is 21.8. The van der Waals surface area contributed by atoms with Crippen LogP contribution in [0.2, 0.25) is 0 Å². The van der Waals surface area contributed by atoms with Crippen LogP contribution in [0.4, 0.5) is 8.78 Å². The Morgan fingerprint density at radius 3 is 1.90 bits per heavy atom. The van der Waals surface area contributed by atoms with Crippen molar-refractivity contribution in [2.75, 3.05) is 6.54 Å². The van der Waals surface area contributed by atoms with Crippen molar-refractivity contribution < 1.29 is 21.8 Å². The summed E-state index contributed by atoms with van der Waals surface area (Å²) < 4.78 is 54.2. The van der Waals surface area contributed by atoms with E-state index in [9.17, 15) is 17.2 Å². The molecule has 0 saturated carbocycles. The van der Waals surface area contributed by atoms with Gasteiger partial charge in [-0.15, -0.1) is 6.58 Å². The predicted molar refractivity (Wildman–Crippen MR) is 78.4 cm³/mol. The average molecular weight is 315 g/mol. The summed E-state index contributed by atoms with van der Waals surface area (Å²) in [5.41, 5.74) is 4.91. The van der Waals surface area contributed by atoms with E-state index in [1.165, 1.54) is 0 Å². The summed E-state index contributed by atoms with van der Waals surface area (Å²) in [6.07, 6.45) is 6.74. The molecule has 0 atom stereocenters. The number of rotatable bonds is 10. The predicted octanol–water partition coefficient (Wildman–Crippen LogP) is 3.74. The monoisotopic (exact) mass is 315 g/mol. The lowest BCUT2D eigenvalue weighted by Crippen LogP contribution is -2.27. The number of alkyl halides is 2. The Morgan fingerprint density at radius 2 is 1.55 bits per heavy atom. The van der Waals surface area contributed by atoms with Crippen LogP contribution in [0.25, 0.3) is 0 Å². The molecule has 0 aliphatic rings. The minimum absolute atomic E-state index is 0.124. The van der Waals surface area contributed by atoms with Gasteiger partial charge in [0.2, 0.25) is 0 Å². The van der Waals surface area contributed by atoms with Crippen LogP contribution >= 0.6 is 0 Å². The lowest BCUT2D eigenvalue weighted by molar-refractivity contribution is 0.0683. The number of nitrogens with two attached hydrogens (primary N) is 1. The van der Waals surface area contributed by atoms with Crippen molar-refractivity contribution in [2.45, 2.75) is 63.5 Å². The van der Waals surface area contributed by atoms with Crippen LogP contribution in [0.5, 0.6) is 0 Å². The Bertz CT molecular complexity index is 333. The summed E-state index contributed by atoms with van der Waals surface area (Å²) in [5, 5.41) is -3.99. The van der Waals surface area contributed by atoms with Crippen molar-refractivity contribution in [3.63, 3.8) is 0 Å². The molecule has 0 aromatic heterocycles. The molecule has 0 saturated heterocycles. The molecular formula is C13H27F2NO3S. The maximum absolute atomic E-state index is 12.7. The molecule has 0 unspecified atom stereocenters. The van der Waals surface area contributed by atoms with Crippen molar-refractivity contribution in [1.29, 1.82) is 0 Å². The third-order valence-corrected chi connectivity index (χ3v) is 3.57. The lowest BCUT2D eigenvalue weighted by Gasteiger charge is -2.12. The maximum Gasteiger partial charge on any atom is 0.370 e. The van der Waals surface area contributed by atoms with Crippen LogP contribution in [0.3, 0.4) is 0 Å². The Morgan fingerprint density at radius 1 is 1.15 bits per heavy atom. The second-order valence-corrected chi connectivity index (χ2v) is 6.06. The summed E-state index contributed by atoms with van der Waals surface area (Å²) in [6.45, 7) is 6.03. The largest absolute Gasteiger partial charge is 0.370 e. The molecule has 0 aliphatic heterocycles. The van der Waals surface area contributed by atoms with Crippen LogP contribution in [0, 0.1) is 0 Å². The first-order valence-corrected chi connectivity index (χ1v) is 8.32. The van der Waals surface area contributed by atoms with Crippen molar-refractivity contribution in [1.82, 2.24) is 0 Å². The zero-order chi connectivity index (χ0) is 16.1. The number of unbranched alkanes of at least 4 members (excludes halogenated alkanes) is 6. The molecule has 0 fully saturated rings. The van der Waals surface area contributed by atoms with Gasteiger partial charge in [0, 0.05) is 13.0 Å². The summed E-state index contributed by atoms with van der Waals surface area (Å²) in [4.78, 5) is 0. The van der Waals surface area contributed by atoms with E-state index in [0.29, 0.717) is 13.0 Å². The van der Waals surface area contributed by atoms with E-state index in [0.717, 1.165) is 32.1 Å². The normalized spacial score (nSPS) is 11.7. The van der Waals surface area contributed by atoms with Gasteiger partial charge in [0.15, 0.2) is 0 Å². The minimum atomic E-state index is -5.24. The molecule has 7 heteroatoms. The highest BCUT2D eigenvalue weighted by atomic mass is 32.2. The third-order valence-electron chi connectivity index (χ3n) is 2.62. The fourth-order valence-electron chi connectivity index (χ4n) is 1.42. The molecule has 0 radical (unpaired) electrons. The van der Waals surface area contributed by atoms with Gasteiger partial charge in [0.25, 0.3) is 0 Å². The molecule has 122 valence electrons. The lowest BCUT2D eigenvalue weighted by atomic mass is 10.1. The Hall–Kier alpha value is -0.530. The summed E-state index contributed by atoms with van der Waals surface area (Å²) >= 11 is 0. The van der Waals surface area contributed by atoms with Gasteiger partial charge in [-0.05, 0) is 6.42 Å². The molecule has 4 nitrogen and oxygen atoms in total. The van der Waals surface area contributed by atoms with Gasteiger partial charge in [0.1, 0.15) is 0 Å². The molecule has 0 amide bonds. The highest BCUT2D eigenvalue weighted by Crippen LogP contribution is 2.27. The van der Waals surface area contributed by atoms with Gasteiger partial charge in [-0.1, -0.05) is 51.5 Å². The van der Waals surface area contributed by atoms with E-state index >= 15 is 0 Å². The molecule has 20 heavy (non-hydrogen) atoms. The van der Waals surface area contributed by atoms with Crippen molar-refractivity contribution in [2.24, 2.45) is 5.73 Å². The standard InChI is InChI=1S/C10H20F2O3S.C3H7N/c1-2-3-4-5-6-7-8-9-10(11,12)16(13,14)15;1-2-3-4/h2-9H2,1H3,(H,13,14,15);2H,1,3-4H2. The second kappa shape index (κ2) is 12.2. The third kappa shape index (κ3) is 12.5. The zero-order valence-corrected chi connectivity index (χ0v) is 13.0. The molecule has 3 N–H and O–H groups in total. The number of hydrogen-bond donors (Lipinski definition) is 2. The molecule has 0 aliphatic carbocycles. The molecule has 0 bridgehead atoms. The van der Waals surface area contributed by atoms with Crippen molar-refractivity contribution in [3.05, 3.63) is 12.7 Å².